The molecule has 0 heterocycles. The first-order valence-corrected chi connectivity index (χ1v) is 5.43. The van der Waals surface area contributed by atoms with Gasteiger partial charge in [0.2, 0.25) is 6.41 Å². The minimum Gasteiger partial charge on any atom is -0.393 e. The number of aliphatic hydroxyl groups excluding tert-OH is 1. The van der Waals surface area contributed by atoms with Gasteiger partial charge in [0.1, 0.15) is 0 Å². The molecule has 0 radical (unpaired) electrons. The van der Waals surface area contributed by atoms with Gasteiger partial charge in [-0.15, -0.1) is 0 Å². The third kappa shape index (κ3) is 2.31. The average Bonchev–Trinajstić information content (AvgIpc) is 2.29. The van der Waals surface area contributed by atoms with Crippen LogP contribution in [-0.2, 0) is 11.2 Å². The summed E-state index contributed by atoms with van der Waals surface area (Å²) in [6, 6.07) is 8.12. The fourth-order valence-electron chi connectivity index (χ4n) is 2.23. The fraction of sp³-hybridized carbons (Fsp3) is 0.308. The standard InChI is InChI=1S/C13H15NO2/c15-9-14-6-5-11-8-12(16)7-10-3-1-2-4-13(10)11/h1-6,9,11-12,16H,7-8H2,(H,14,15)/b6-5+. The van der Waals surface area contributed by atoms with E-state index in [1.165, 1.54) is 11.1 Å². The van der Waals surface area contributed by atoms with Crippen molar-refractivity contribution in [1.29, 1.82) is 0 Å². The zero-order chi connectivity index (χ0) is 11.4. The maximum absolute atomic E-state index is 10.1. The first-order chi connectivity index (χ1) is 7.81. The second-order valence-corrected chi connectivity index (χ2v) is 4.04. The van der Waals surface area contributed by atoms with Crippen LogP contribution >= 0.6 is 0 Å². The van der Waals surface area contributed by atoms with E-state index < -0.39 is 0 Å². The Balaban J connectivity index is 2.23. The van der Waals surface area contributed by atoms with Crippen molar-refractivity contribution in [3.63, 3.8) is 0 Å². The van der Waals surface area contributed by atoms with Gasteiger partial charge in [-0.1, -0.05) is 30.3 Å². The summed E-state index contributed by atoms with van der Waals surface area (Å²) >= 11 is 0. The van der Waals surface area contributed by atoms with E-state index in [0.717, 1.165) is 6.42 Å². The summed E-state index contributed by atoms with van der Waals surface area (Å²) in [7, 11) is 0. The Kier molecular flexibility index (Phi) is 3.37. The molecule has 1 aliphatic rings. The highest BCUT2D eigenvalue weighted by atomic mass is 16.3. The molecule has 1 aliphatic carbocycles. The summed E-state index contributed by atoms with van der Waals surface area (Å²) < 4.78 is 0. The Labute approximate surface area is 94.8 Å². The van der Waals surface area contributed by atoms with Crippen LogP contribution in [0.5, 0.6) is 0 Å². The lowest BCUT2D eigenvalue weighted by Crippen LogP contribution is -2.22. The number of rotatable bonds is 3. The van der Waals surface area contributed by atoms with Gasteiger partial charge >= 0.3 is 0 Å². The lowest BCUT2D eigenvalue weighted by molar-refractivity contribution is -0.108. The number of hydrogen-bond donors (Lipinski definition) is 2. The normalized spacial score (nSPS) is 24.1. The molecule has 2 atom stereocenters. The van der Waals surface area contributed by atoms with Crippen LogP contribution < -0.4 is 5.32 Å². The Morgan fingerprint density at radius 2 is 2.19 bits per heavy atom. The van der Waals surface area contributed by atoms with Gasteiger partial charge in [0.15, 0.2) is 0 Å². The molecule has 84 valence electrons. The highest BCUT2D eigenvalue weighted by Gasteiger charge is 2.23. The van der Waals surface area contributed by atoms with Gasteiger partial charge in [-0.05, 0) is 24.0 Å². The SMILES string of the molecule is O=CN/C=C/C1CC(O)Cc2ccccc21. The number of carbonyl (C=O) groups is 1. The number of hydrogen-bond acceptors (Lipinski definition) is 2. The molecule has 0 spiro atoms. The number of carbonyl (C=O) groups excluding carboxylic acids is 1. The third-order valence-corrected chi connectivity index (χ3v) is 2.93. The molecule has 0 aliphatic heterocycles. The zero-order valence-corrected chi connectivity index (χ0v) is 8.97. The van der Waals surface area contributed by atoms with Gasteiger partial charge in [0.25, 0.3) is 0 Å². The summed E-state index contributed by atoms with van der Waals surface area (Å²) in [5.41, 5.74) is 2.44. The number of fused-ring (bicyclic) bond motifs is 1. The van der Waals surface area contributed by atoms with Gasteiger partial charge < -0.3 is 10.4 Å². The van der Waals surface area contributed by atoms with Crippen LogP contribution in [0.15, 0.2) is 36.5 Å². The smallest absolute Gasteiger partial charge is 0.211 e. The molecule has 0 fully saturated rings. The van der Waals surface area contributed by atoms with Crippen LogP contribution in [0.1, 0.15) is 23.5 Å². The average molecular weight is 217 g/mol. The summed E-state index contributed by atoms with van der Waals surface area (Å²) in [5, 5.41) is 12.3. The van der Waals surface area contributed by atoms with E-state index in [4.69, 9.17) is 0 Å². The van der Waals surface area contributed by atoms with Gasteiger partial charge in [0, 0.05) is 12.1 Å². The number of nitrogens with one attached hydrogen (secondary N) is 1. The lowest BCUT2D eigenvalue weighted by Gasteiger charge is -2.26. The molecule has 0 aromatic heterocycles. The minimum atomic E-state index is -0.291. The predicted octanol–water partition coefficient (Wildman–Crippen LogP) is 1.34. The van der Waals surface area contributed by atoms with Crippen LogP contribution in [0.25, 0.3) is 0 Å². The van der Waals surface area contributed by atoms with Gasteiger partial charge in [-0.2, -0.15) is 0 Å². The fourth-order valence-corrected chi connectivity index (χ4v) is 2.23. The number of amides is 1. The molecule has 3 heteroatoms. The van der Waals surface area contributed by atoms with Crippen molar-refractivity contribution in [3.8, 4) is 0 Å². The van der Waals surface area contributed by atoms with Gasteiger partial charge in [-0.3, -0.25) is 4.79 Å². The molecular formula is C13H15NO2. The molecule has 0 bridgehead atoms. The van der Waals surface area contributed by atoms with Crippen molar-refractivity contribution in [3.05, 3.63) is 47.7 Å². The summed E-state index contributed by atoms with van der Waals surface area (Å²) in [6.45, 7) is 0. The second-order valence-electron chi connectivity index (χ2n) is 4.04. The number of allylic oxidation sites excluding steroid dienone is 1. The first kappa shape index (κ1) is 10.9. The second kappa shape index (κ2) is 4.94. The summed E-state index contributed by atoms with van der Waals surface area (Å²) in [5.74, 6) is 0.187. The van der Waals surface area contributed by atoms with E-state index >= 15 is 0 Å². The largest absolute Gasteiger partial charge is 0.393 e. The quantitative estimate of drug-likeness (QED) is 0.750. The molecule has 16 heavy (non-hydrogen) atoms. The topological polar surface area (TPSA) is 49.3 Å². The third-order valence-electron chi connectivity index (χ3n) is 2.93. The molecule has 2 unspecified atom stereocenters. The Hall–Kier alpha value is -1.61. The first-order valence-electron chi connectivity index (χ1n) is 5.43. The van der Waals surface area contributed by atoms with Crippen LogP contribution in [-0.4, -0.2) is 17.6 Å². The Bertz CT molecular complexity index is 401. The summed E-state index contributed by atoms with van der Waals surface area (Å²) in [6.07, 6.45) is 5.35. The molecule has 1 aromatic rings. The van der Waals surface area contributed by atoms with E-state index in [1.807, 2.05) is 24.3 Å². The molecule has 1 aromatic carbocycles. The molecule has 2 rings (SSSR count). The van der Waals surface area contributed by atoms with E-state index in [0.29, 0.717) is 12.8 Å². The van der Waals surface area contributed by atoms with Crippen molar-refractivity contribution in [1.82, 2.24) is 5.32 Å². The van der Waals surface area contributed by atoms with Gasteiger partial charge in [-0.25, -0.2) is 0 Å². The monoisotopic (exact) mass is 217 g/mol. The molecule has 3 nitrogen and oxygen atoms in total. The van der Waals surface area contributed by atoms with Crippen molar-refractivity contribution in [2.45, 2.75) is 24.9 Å². The number of aliphatic hydroxyl groups is 1. The molecular weight excluding hydrogens is 202 g/mol. The Morgan fingerprint density at radius 3 is 3.00 bits per heavy atom. The van der Waals surface area contributed by atoms with Crippen molar-refractivity contribution < 1.29 is 9.90 Å². The zero-order valence-electron chi connectivity index (χ0n) is 8.97. The van der Waals surface area contributed by atoms with Crippen LogP contribution in [0.4, 0.5) is 0 Å². The molecule has 0 saturated heterocycles. The van der Waals surface area contributed by atoms with Crippen LogP contribution in [0, 0.1) is 0 Å². The van der Waals surface area contributed by atoms with Crippen LogP contribution in [0.3, 0.4) is 0 Å². The van der Waals surface area contributed by atoms with E-state index in [9.17, 15) is 9.90 Å². The van der Waals surface area contributed by atoms with Crippen molar-refractivity contribution in [2.24, 2.45) is 0 Å². The lowest BCUT2D eigenvalue weighted by atomic mass is 9.81. The maximum atomic E-state index is 10.1. The van der Waals surface area contributed by atoms with Crippen LogP contribution in [0.2, 0.25) is 0 Å². The minimum absolute atomic E-state index is 0.187. The molecule has 2 N–H and O–H groups in total. The van der Waals surface area contributed by atoms with Gasteiger partial charge in [0.05, 0.1) is 6.10 Å². The maximum Gasteiger partial charge on any atom is 0.211 e. The van der Waals surface area contributed by atoms with E-state index in [2.05, 4.69) is 11.4 Å². The Morgan fingerprint density at radius 1 is 1.38 bits per heavy atom. The molecule has 1 amide bonds. The highest BCUT2D eigenvalue weighted by Crippen LogP contribution is 2.32. The van der Waals surface area contributed by atoms with Crippen molar-refractivity contribution >= 4 is 6.41 Å². The highest BCUT2D eigenvalue weighted by molar-refractivity contribution is 5.48. The van der Waals surface area contributed by atoms with Crippen molar-refractivity contribution in [2.75, 3.05) is 0 Å². The summed E-state index contributed by atoms with van der Waals surface area (Å²) in [4.78, 5) is 10.1. The predicted molar refractivity (Wildman–Crippen MR) is 61.9 cm³/mol. The van der Waals surface area contributed by atoms with E-state index in [1.54, 1.807) is 6.20 Å². The number of benzene rings is 1. The van der Waals surface area contributed by atoms with E-state index in [-0.39, 0.29) is 12.0 Å². The molecule has 0 saturated carbocycles.